The van der Waals surface area contributed by atoms with Gasteiger partial charge >= 0.3 is 0 Å². The number of hydrogen-bond donors (Lipinski definition) is 1. The zero-order valence-electron chi connectivity index (χ0n) is 15.5. The molecule has 0 saturated carbocycles. The van der Waals surface area contributed by atoms with Gasteiger partial charge in [-0.05, 0) is 31.9 Å². The van der Waals surface area contributed by atoms with Crippen molar-refractivity contribution < 1.29 is 4.74 Å². The Morgan fingerprint density at radius 1 is 1.07 bits per heavy atom. The lowest BCUT2D eigenvalue weighted by molar-refractivity contribution is 0.420. The van der Waals surface area contributed by atoms with Crippen molar-refractivity contribution in [2.24, 2.45) is 0 Å². The Balaban J connectivity index is 0.000000134. The van der Waals surface area contributed by atoms with E-state index in [1.165, 1.54) is 12.8 Å². The van der Waals surface area contributed by atoms with Crippen molar-refractivity contribution in [1.29, 1.82) is 0 Å². The fourth-order valence-corrected chi connectivity index (χ4v) is 3.34. The number of anilines is 1. The van der Waals surface area contributed by atoms with E-state index in [9.17, 15) is 0 Å². The molecule has 1 N–H and O–H groups in total. The first kappa shape index (κ1) is 17.2. The van der Waals surface area contributed by atoms with Crippen LogP contribution in [0.1, 0.15) is 18.5 Å². The van der Waals surface area contributed by atoms with Gasteiger partial charge in [0.1, 0.15) is 17.6 Å². The molecule has 4 heterocycles. The van der Waals surface area contributed by atoms with Crippen LogP contribution in [-0.4, -0.2) is 45.1 Å². The number of nitrogens with one attached hydrogen (secondary N) is 1. The van der Waals surface area contributed by atoms with E-state index in [0.717, 1.165) is 52.3 Å². The molecule has 0 bridgehead atoms. The van der Waals surface area contributed by atoms with E-state index in [4.69, 9.17) is 4.74 Å². The molecule has 0 spiro atoms. The Kier molecular flexibility index (Phi) is 4.82. The van der Waals surface area contributed by atoms with Crippen LogP contribution >= 0.6 is 0 Å². The van der Waals surface area contributed by atoms with Gasteiger partial charge in [-0.2, -0.15) is 0 Å². The molecule has 4 aromatic rings. The average molecular weight is 362 g/mol. The summed E-state index contributed by atoms with van der Waals surface area (Å²) in [6, 6.07) is 8.00. The van der Waals surface area contributed by atoms with Crippen molar-refractivity contribution in [3.8, 4) is 5.75 Å². The van der Waals surface area contributed by atoms with Crippen molar-refractivity contribution in [2.45, 2.75) is 19.8 Å². The molecule has 0 unspecified atom stereocenters. The van der Waals surface area contributed by atoms with Crippen molar-refractivity contribution in [3.05, 3.63) is 48.8 Å². The SMILES string of the molecule is COc1cccc2cnc(C)cc12.c1nc(N2CCCC2)c2[nH]cnc2n1. The molecule has 138 valence electrons. The van der Waals surface area contributed by atoms with Gasteiger partial charge < -0.3 is 14.6 Å². The molecule has 0 aliphatic carbocycles. The zero-order chi connectivity index (χ0) is 18.6. The molecular weight excluding hydrogens is 340 g/mol. The maximum atomic E-state index is 5.25. The first-order valence-corrected chi connectivity index (χ1v) is 9.04. The first-order chi connectivity index (χ1) is 13.3. The predicted octanol–water partition coefficient (Wildman–Crippen LogP) is 3.50. The second-order valence-corrected chi connectivity index (χ2v) is 6.50. The van der Waals surface area contributed by atoms with Crippen LogP contribution in [-0.2, 0) is 0 Å². The molecule has 3 aromatic heterocycles. The molecule has 0 amide bonds. The van der Waals surface area contributed by atoms with Gasteiger partial charge in [0.15, 0.2) is 11.5 Å². The van der Waals surface area contributed by atoms with Crippen LogP contribution in [0, 0.1) is 6.92 Å². The van der Waals surface area contributed by atoms with Crippen LogP contribution in [0.3, 0.4) is 0 Å². The van der Waals surface area contributed by atoms with Gasteiger partial charge in [-0.1, -0.05) is 12.1 Å². The van der Waals surface area contributed by atoms with E-state index in [1.807, 2.05) is 37.4 Å². The molecule has 0 atom stereocenters. The Bertz CT molecular complexity index is 1050. The Hall–Kier alpha value is -3.22. The second kappa shape index (κ2) is 7.57. The lowest BCUT2D eigenvalue weighted by Crippen LogP contribution is -2.19. The van der Waals surface area contributed by atoms with Gasteiger partial charge in [0.25, 0.3) is 0 Å². The first-order valence-electron chi connectivity index (χ1n) is 9.04. The van der Waals surface area contributed by atoms with E-state index in [2.05, 4.69) is 29.8 Å². The molecule has 1 aliphatic heterocycles. The van der Waals surface area contributed by atoms with Gasteiger partial charge in [-0.25, -0.2) is 15.0 Å². The number of aryl methyl sites for hydroxylation is 1. The number of imidazole rings is 1. The Morgan fingerprint density at radius 3 is 2.74 bits per heavy atom. The fourth-order valence-electron chi connectivity index (χ4n) is 3.34. The monoisotopic (exact) mass is 362 g/mol. The van der Waals surface area contributed by atoms with E-state index in [-0.39, 0.29) is 0 Å². The summed E-state index contributed by atoms with van der Waals surface area (Å²) in [5.41, 5.74) is 2.72. The lowest BCUT2D eigenvalue weighted by Gasteiger charge is -2.15. The fraction of sp³-hybridized carbons (Fsp3) is 0.300. The third kappa shape index (κ3) is 3.53. The standard InChI is InChI=1S/C11H11NO.C9H11N5/c1-8-6-10-9(7-12-8)4-3-5-11(10)13-2;1-2-4-14(3-1)9-7-8(11-5-10-7)12-6-13-9/h3-7H,1-2H3;5-6H,1-4H2,(H,10,11,12,13). The van der Waals surface area contributed by atoms with Crippen LogP contribution < -0.4 is 9.64 Å². The maximum absolute atomic E-state index is 5.25. The highest BCUT2D eigenvalue weighted by Crippen LogP contribution is 2.25. The minimum Gasteiger partial charge on any atom is -0.496 e. The van der Waals surface area contributed by atoms with Crippen molar-refractivity contribution in [1.82, 2.24) is 24.9 Å². The highest BCUT2D eigenvalue weighted by atomic mass is 16.5. The van der Waals surface area contributed by atoms with Crippen molar-refractivity contribution in [2.75, 3.05) is 25.1 Å². The minimum absolute atomic E-state index is 0.752. The topological polar surface area (TPSA) is 79.8 Å². The van der Waals surface area contributed by atoms with Crippen molar-refractivity contribution >= 4 is 27.8 Å². The van der Waals surface area contributed by atoms with Crippen LogP contribution in [0.25, 0.3) is 21.9 Å². The number of ether oxygens (including phenoxy) is 1. The van der Waals surface area contributed by atoms with E-state index in [1.54, 1.807) is 19.8 Å². The molecule has 1 aliphatic rings. The molecule has 1 fully saturated rings. The van der Waals surface area contributed by atoms with Crippen LogP contribution in [0.4, 0.5) is 5.82 Å². The maximum Gasteiger partial charge on any atom is 0.182 e. The molecule has 27 heavy (non-hydrogen) atoms. The molecular formula is C20H22N6O. The number of rotatable bonds is 2. The van der Waals surface area contributed by atoms with Gasteiger partial charge in [-0.15, -0.1) is 0 Å². The molecule has 0 radical (unpaired) electrons. The minimum atomic E-state index is 0.752. The summed E-state index contributed by atoms with van der Waals surface area (Å²) < 4.78 is 5.25. The van der Waals surface area contributed by atoms with E-state index in [0.29, 0.717) is 0 Å². The summed E-state index contributed by atoms with van der Waals surface area (Å²) >= 11 is 0. The Morgan fingerprint density at radius 2 is 1.93 bits per heavy atom. The third-order valence-corrected chi connectivity index (χ3v) is 4.69. The Labute approximate surface area is 157 Å². The lowest BCUT2D eigenvalue weighted by atomic mass is 10.1. The number of pyridine rings is 1. The van der Waals surface area contributed by atoms with Gasteiger partial charge in [0, 0.05) is 35.8 Å². The van der Waals surface area contributed by atoms with Crippen LogP contribution in [0.5, 0.6) is 5.75 Å². The molecule has 7 heteroatoms. The highest BCUT2D eigenvalue weighted by Gasteiger charge is 2.17. The number of aromatic amines is 1. The number of hydrogen-bond acceptors (Lipinski definition) is 6. The van der Waals surface area contributed by atoms with Gasteiger partial charge in [-0.3, -0.25) is 4.98 Å². The molecule has 1 aromatic carbocycles. The number of H-pyrrole nitrogens is 1. The van der Waals surface area contributed by atoms with Crippen LogP contribution in [0.2, 0.25) is 0 Å². The van der Waals surface area contributed by atoms with Gasteiger partial charge in [0.05, 0.1) is 13.4 Å². The molecule has 5 rings (SSSR count). The number of nitrogens with zero attached hydrogens (tertiary/aromatic N) is 5. The molecule has 7 nitrogen and oxygen atoms in total. The van der Waals surface area contributed by atoms with Crippen LogP contribution in [0.15, 0.2) is 43.1 Å². The normalized spacial score (nSPS) is 13.6. The number of methoxy groups -OCH3 is 1. The largest absolute Gasteiger partial charge is 0.496 e. The molecule has 1 saturated heterocycles. The summed E-state index contributed by atoms with van der Waals surface area (Å²) in [7, 11) is 1.69. The average Bonchev–Trinajstić information content (AvgIpc) is 3.39. The number of benzene rings is 1. The summed E-state index contributed by atoms with van der Waals surface area (Å²) in [6.07, 6.45) is 7.61. The summed E-state index contributed by atoms with van der Waals surface area (Å²) in [5.74, 6) is 1.90. The third-order valence-electron chi connectivity index (χ3n) is 4.69. The predicted molar refractivity (Wildman–Crippen MR) is 106 cm³/mol. The second-order valence-electron chi connectivity index (χ2n) is 6.50. The summed E-state index contributed by atoms with van der Waals surface area (Å²) in [6.45, 7) is 4.15. The zero-order valence-corrected chi connectivity index (χ0v) is 15.5. The summed E-state index contributed by atoms with van der Waals surface area (Å²) in [5, 5.41) is 2.24. The van der Waals surface area contributed by atoms with E-state index >= 15 is 0 Å². The van der Waals surface area contributed by atoms with Crippen molar-refractivity contribution in [3.63, 3.8) is 0 Å². The van der Waals surface area contributed by atoms with Gasteiger partial charge in [0.2, 0.25) is 0 Å². The van der Waals surface area contributed by atoms with E-state index < -0.39 is 0 Å². The summed E-state index contributed by atoms with van der Waals surface area (Å²) in [4.78, 5) is 22.1. The number of aromatic nitrogens is 5. The number of fused-ring (bicyclic) bond motifs is 2. The quantitative estimate of drug-likeness (QED) is 0.588. The highest BCUT2D eigenvalue weighted by molar-refractivity contribution is 5.87. The smallest absolute Gasteiger partial charge is 0.182 e.